The molecular weight excluding hydrogens is 266 g/mol. The molecule has 1 nitrogen and oxygen atoms in total. The highest BCUT2D eigenvalue weighted by atomic mass is 35.5. The lowest BCUT2D eigenvalue weighted by molar-refractivity contribution is 0.335. The molecular formula is C18H28ClN. The molecule has 0 spiro atoms. The molecule has 0 radical (unpaired) electrons. The second-order valence-corrected chi connectivity index (χ2v) is 7.03. The van der Waals surface area contributed by atoms with Crippen LogP contribution in [-0.2, 0) is 0 Å². The maximum Gasteiger partial charge on any atom is 0.0453 e. The number of hydrogen-bond donors (Lipinski definition) is 1. The van der Waals surface area contributed by atoms with Gasteiger partial charge < -0.3 is 5.32 Å². The smallest absolute Gasteiger partial charge is 0.0453 e. The van der Waals surface area contributed by atoms with E-state index in [-0.39, 0.29) is 0 Å². The van der Waals surface area contributed by atoms with E-state index in [4.69, 9.17) is 11.6 Å². The van der Waals surface area contributed by atoms with Crippen LogP contribution in [0, 0.1) is 11.8 Å². The van der Waals surface area contributed by atoms with Crippen molar-refractivity contribution >= 4 is 11.6 Å². The summed E-state index contributed by atoms with van der Waals surface area (Å²) in [6.07, 6.45) is 6.73. The molecule has 112 valence electrons. The first-order chi connectivity index (χ1) is 9.58. The lowest BCUT2D eigenvalue weighted by Gasteiger charge is -2.23. The van der Waals surface area contributed by atoms with Gasteiger partial charge in [-0.3, -0.25) is 0 Å². The zero-order chi connectivity index (χ0) is 14.5. The predicted octanol–water partition coefficient (Wildman–Crippen LogP) is 5.60. The van der Waals surface area contributed by atoms with Gasteiger partial charge in [0.15, 0.2) is 0 Å². The third-order valence-electron chi connectivity index (χ3n) is 4.81. The minimum absolute atomic E-state index is 0.337. The normalized spacial score (nSPS) is 25.4. The van der Waals surface area contributed by atoms with Gasteiger partial charge >= 0.3 is 0 Å². The van der Waals surface area contributed by atoms with Crippen LogP contribution in [0.3, 0.4) is 0 Å². The molecule has 1 saturated carbocycles. The quantitative estimate of drug-likeness (QED) is 0.713. The van der Waals surface area contributed by atoms with Crippen molar-refractivity contribution in [1.82, 2.24) is 5.32 Å². The lowest BCUT2D eigenvalue weighted by atomic mass is 9.89. The van der Waals surface area contributed by atoms with Crippen molar-refractivity contribution in [1.29, 1.82) is 0 Å². The van der Waals surface area contributed by atoms with E-state index in [0.29, 0.717) is 12.1 Å². The van der Waals surface area contributed by atoms with Gasteiger partial charge in [0.2, 0.25) is 0 Å². The molecule has 1 aromatic rings. The summed E-state index contributed by atoms with van der Waals surface area (Å²) in [5, 5.41) is 4.67. The molecule has 1 aliphatic carbocycles. The maximum atomic E-state index is 6.29. The SMILES string of the molecule is CC(C)C1CCCC(N[C@H](C)c2ccccc2Cl)CC1. The third kappa shape index (κ3) is 4.23. The van der Waals surface area contributed by atoms with Crippen molar-refractivity contribution in [2.45, 2.75) is 65.0 Å². The Morgan fingerprint density at radius 3 is 2.50 bits per heavy atom. The van der Waals surface area contributed by atoms with Crippen LogP contribution in [0.2, 0.25) is 5.02 Å². The average molecular weight is 294 g/mol. The average Bonchev–Trinajstić information content (AvgIpc) is 2.65. The first-order valence-corrected chi connectivity index (χ1v) is 8.46. The molecule has 0 aromatic heterocycles. The molecule has 3 atom stereocenters. The zero-order valence-electron chi connectivity index (χ0n) is 13.0. The standard InChI is InChI=1S/C18H28ClN/c1-13(2)15-7-6-8-16(12-11-15)20-14(3)17-9-4-5-10-18(17)19/h4-5,9-10,13-16,20H,6-8,11-12H2,1-3H3/t14-,15?,16?/m1/s1. The molecule has 0 aliphatic heterocycles. The molecule has 0 saturated heterocycles. The zero-order valence-corrected chi connectivity index (χ0v) is 13.8. The Morgan fingerprint density at radius 1 is 1.05 bits per heavy atom. The number of hydrogen-bond acceptors (Lipinski definition) is 1. The van der Waals surface area contributed by atoms with Crippen molar-refractivity contribution in [3.8, 4) is 0 Å². The van der Waals surface area contributed by atoms with Gasteiger partial charge in [-0.05, 0) is 49.7 Å². The second kappa shape index (κ2) is 7.47. The molecule has 1 N–H and O–H groups in total. The molecule has 1 aliphatic rings. The molecule has 0 bridgehead atoms. The summed E-state index contributed by atoms with van der Waals surface area (Å²) in [6.45, 7) is 6.96. The minimum atomic E-state index is 0.337. The van der Waals surface area contributed by atoms with Crippen LogP contribution in [0.1, 0.15) is 64.5 Å². The van der Waals surface area contributed by atoms with Crippen molar-refractivity contribution in [2.75, 3.05) is 0 Å². The van der Waals surface area contributed by atoms with Crippen molar-refractivity contribution < 1.29 is 0 Å². The van der Waals surface area contributed by atoms with Gasteiger partial charge in [-0.15, -0.1) is 0 Å². The van der Waals surface area contributed by atoms with Crippen LogP contribution < -0.4 is 5.32 Å². The highest BCUT2D eigenvalue weighted by molar-refractivity contribution is 6.31. The molecule has 1 aromatic carbocycles. The summed E-state index contributed by atoms with van der Waals surface area (Å²) in [6, 6.07) is 9.16. The van der Waals surface area contributed by atoms with Gasteiger partial charge in [-0.2, -0.15) is 0 Å². The molecule has 20 heavy (non-hydrogen) atoms. The second-order valence-electron chi connectivity index (χ2n) is 6.62. The van der Waals surface area contributed by atoms with Gasteiger partial charge in [0.05, 0.1) is 0 Å². The fourth-order valence-corrected chi connectivity index (χ4v) is 3.73. The Bertz CT molecular complexity index is 416. The van der Waals surface area contributed by atoms with Crippen LogP contribution in [0.15, 0.2) is 24.3 Å². The Hall–Kier alpha value is -0.530. The van der Waals surface area contributed by atoms with E-state index in [0.717, 1.165) is 16.9 Å². The van der Waals surface area contributed by atoms with Crippen LogP contribution in [0.5, 0.6) is 0 Å². The molecule has 0 amide bonds. The number of rotatable bonds is 4. The minimum Gasteiger partial charge on any atom is -0.307 e. The highest BCUT2D eigenvalue weighted by Crippen LogP contribution is 2.30. The van der Waals surface area contributed by atoms with Crippen LogP contribution in [-0.4, -0.2) is 6.04 Å². The van der Waals surface area contributed by atoms with E-state index in [2.05, 4.69) is 38.2 Å². The number of benzene rings is 1. The van der Waals surface area contributed by atoms with E-state index in [9.17, 15) is 0 Å². The third-order valence-corrected chi connectivity index (χ3v) is 5.16. The first-order valence-electron chi connectivity index (χ1n) is 8.08. The summed E-state index contributed by atoms with van der Waals surface area (Å²) < 4.78 is 0. The Balaban J connectivity index is 1.92. The van der Waals surface area contributed by atoms with E-state index >= 15 is 0 Å². The molecule has 0 heterocycles. The van der Waals surface area contributed by atoms with Crippen molar-refractivity contribution in [3.63, 3.8) is 0 Å². The van der Waals surface area contributed by atoms with Crippen LogP contribution >= 0.6 is 11.6 Å². The predicted molar refractivity (Wildman–Crippen MR) is 88.2 cm³/mol. The van der Waals surface area contributed by atoms with Gasteiger partial charge in [-0.1, -0.05) is 56.5 Å². The fourth-order valence-electron chi connectivity index (χ4n) is 3.43. The van der Waals surface area contributed by atoms with Crippen molar-refractivity contribution in [3.05, 3.63) is 34.9 Å². The Morgan fingerprint density at radius 2 is 1.80 bits per heavy atom. The van der Waals surface area contributed by atoms with Gasteiger partial charge in [0.1, 0.15) is 0 Å². The maximum absolute atomic E-state index is 6.29. The summed E-state index contributed by atoms with van der Waals surface area (Å²) >= 11 is 6.29. The highest BCUT2D eigenvalue weighted by Gasteiger charge is 2.22. The number of halogens is 1. The molecule has 2 heteroatoms. The summed E-state index contributed by atoms with van der Waals surface area (Å²) in [7, 11) is 0. The van der Waals surface area contributed by atoms with Crippen molar-refractivity contribution in [2.24, 2.45) is 11.8 Å². The summed E-state index contributed by atoms with van der Waals surface area (Å²) in [4.78, 5) is 0. The first kappa shape index (κ1) is 15.9. The van der Waals surface area contributed by atoms with Crippen LogP contribution in [0.4, 0.5) is 0 Å². The van der Waals surface area contributed by atoms with E-state index in [1.54, 1.807) is 0 Å². The van der Waals surface area contributed by atoms with Gasteiger partial charge in [-0.25, -0.2) is 0 Å². The Labute approximate surface area is 129 Å². The molecule has 1 fully saturated rings. The monoisotopic (exact) mass is 293 g/mol. The van der Waals surface area contributed by atoms with Gasteiger partial charge in [0.25, 0.3) is 0 Å². The van der Waals surface area contributed by atoms with E-state index < -0.39 is 0 Å². The fraction of sp³-hybridized carbons (Fsp3) is 0.667. The lowest BCUT2D eigenvalue weighted by Crippen LogP contribution is -2.31. The van der Waals surface area contributed by atoms with E-state index in [1.165, 1.54) is 37.7 Å². The number of nitrogens with one attached hydrogen (secondary N) is 1. The summed E-state index contributed by atoms with van der Waals surface area (Å²) in [5.41, 5.74) is 1.22. The van der Waals surface area contributed by atoms with Gasteiger partial charge in [0, 0.05) is 17.1 Å². The molecule has 2 unspecified atom stereocenters. The largest absolute Gasteiger partial charge is 0.307 e. The van der Waals surface area contributed by atoms with Crippen LogP contribution in [0.25, 0.3) is 0 Å². The Kier molecular flexibility index (Phi) is 5.92. The van der Waals surface area contributed by atoms with E-state index in [1.807, 2.05) is 12.1 Å². The summed E-state index contributed by atoms with van der Waals surface area (Å²) in [5.74, 6) is 1.74. The molecule has 2 rings (SSSR count). The topological polar surface area (TPSA) is 12.0 Å².